The number of H-pyrrole nitrogens is 1. The number of aromatic nitrogens is 4. The molecule has 0 unspecified atom stereocenters. The molecular formula is C27H18ClN5S. The predicted octanol–water partition coefficient (Wildman–Crippen LogP) is 7.72. The van der Waals surface area contributed by atoms with Crippen molar-refractivity contribution in [1.29, 1.82) is 0 Å². The third-order valence-electron chi connectivity index (χ3n) is 5.57. The molecule has 7 heteroatoms. The third-order valence-corrected chi connectivity index (χ3v) is 6.91. The van der Waals surface area contributed by atoms with Crippen molar-refractivity contribution in [2.24, 2.45) is 0 Å². The summed E-state index contributed by atoms with van der Waals surface area (Å²) < 4.78 is 0. The van der Waals surface area contributed by atoms with E-state index in [0.29, 0.717) is 5.02 Å². The Morgan fingerprint density at radius 3 is 2.38 bits per heavy atom. The lowest BCUT2D eigenvalue weighted by Crippen LogP contribution is -1.99. The van der Waals surface area contributed by atoms with Gasteiger partial charge < -0.3 is 10.3 Å². The van der Waals surface area contributed by atoms with Gasteiger partial charge in [-0.25, -0.2) is 4.98 Å². The molecule has 0 aliphatic heterocycles. The maximum atomic E-state index is 6.06. The summed E-state index contributed by atoms with van der Waals surface area (Å²) in [6.07, 6.45) is 3.74. The molecular weight excluding hydrogens is 462 g/mol. The molecule has 0 saturated carbocycles. The van der Waals surface area contributed by atoms with Gasteiger partial charge in [-0.05, 0) is 48.5 Å². The van der Waals surface area contributed by atoms with E-state index in [4.69, 9.17) is 11.6 Å². The zero-order valence-electron chi connectivity index (χ0n) is 17.9. The summed E-state index contributed by atoms with van der Waals surface area (Å²) in [5.74, 6) is 0.719. The van der Waals surface area contributed by atoms with Gasteiger partial charge in [0.1, 0.15) is 11.3 Å². The van der Waals surface area contributed by atoms with Gasteiger partial charge in [-0.15, -0.1) is 10.2 Å². The number of nitrogens with zero attached hydrogens (tertiary/aromatic N) is 3. The Labute approximate surface area is 205 Å². The van der Waals surface area contributed by atoms with Crippen LogP contribution in [0.15, 0.2) is 107 Å². The molecule has 0 spiro atoms. The number of aromatic amines is 1. The first-order valence-electron chi connectivity index (χ1n) is 10.7. The highest BCUT2D eigenvalue weighted by Gasteiger charge is 2.11. The zero-order valence-corrected chi connectivity index (χ0v) is 19.4. The second kappa shape index (κ2) is 8.82. The molecule has 3 heterocycles. The molecule has 0 aliphatic carbocycles. The Bertz CT molecular complexity index is 1610. The number of benzene rings is 3. The Balaban J connectivity index is 1.28. The Morgan fingerprint density at radius 2 is 1.56 bits per heavy atom. The molecule has 0 saturated heterocycles. The fourth-order valence-corrected chi connectivity index (χ4v) is 4.97. The monoisotopic (exact) mass is 479 g/mol. The first-order chi connectivity index (χ1) is 16.7. The van der Waals surface area contributed by atoms with Gasteiger partial charge in [-0.1, -0.05) is 59.8 Å². The van der Waals surface area contributed by atoms with Crippen molar-refractivity contribution in [3.05, 3.63) is 102 Å². The van der Waals surface area contributed by atoms with Crippen LogP contribution in [0.5, 0.6) is 0 Å². The fraction of sp³-hybridized carbons (Fsp3) is 0. The number of fused-ring (bicyclic) bond motifs is 2. The summed E-state index contributed by atoms with van der Waals surface area (Å²) in [5.41, 5.74) is 3.66. The highest BCUT2D eigenvalue weighted by Crippen LogP contribution is 2.34. The lowest BCUT2D eigenvalue weighted by Gasteiger charge is -2.12. The van der Waals surface area contributed by atoms with Crippen molar-refractivity contribution in [1.82, 2.24) is 20.2 Å². The van der Waals surface area contributed by atoms with Gasteiger partial charge >= 0.3 is 0 Å². The number of pyridine rings is 1. The zero-order chi connectivity index (χ0) is 22.9. The maximum Gasteiger partial charge on any atom is 0.161 e. The third kappa shape index (κ3) is 3.98. The van der Waals surface area contributed by atoms with E-state index < -0.39 is 0 Å². The quantitative estimate of drug-likeness (QED) is 0.265. The molecule has 0 amide bonds. The summed E-state index contributed by atoms with van der Waals surface area (Å²) in [5, 5.41) is 16.3. The van der Waals surface area contributed by atoms with Gasteiger partial charge in [0.15, 0.2) is 5.82 Å². The van der Waals surface area contributed by atoms with E-state index in [0.717, 1.165) is 49.5 Å². The van der Waals surface area contributed by atoms with Crippen molar-refractivity contribution >= 4 is 56.7 Å². The lowest BCUT2D eigenvalue weighted by molar-refractivity contribution is 1.06. The average molecular weight is 480 g/mol. The normalized spacial score (nSPS) is 11.2. The van der Waals surface area contributed by atoms with Gasteiger partial charge in [0.2, 0.25) is 0 Å². The van der Waals surface area contributed by atoms with E-state index in [1.165, 1.54) is 4.90 Å². The minimum Gasteiger partial charge on any atom is -0.346 e. The van der Waals surface area contributed by atoms with E-state index in [9.17, 15) is 0 Å². The van der Waals surface area contributed by atoms with Crippen LogP contribution in [-0.2, 0) is 0 Å². The minimum atomic E-state index is 0.697. The van der Waals surface area contributed by atoms with Crippen molar-refractivity contribution in [3.63, 3.8) is 0 Å². The van der Waals surface area contributed by atoms with Crippen LogP contribution >= 0.6 is 23.4 Å². The Kier molecular flexibility index (Phi) is 5.37. The van der Waals surface area contributed by atoms with Crippen LogP contribution in [0, 0.1) is 0 Å². The summed E-state index contributed by atoms with van der Waals surface area (Å²) in [6, 6.07) is 28.2. The van der Waals surface area contributed by atoms with Gasteiger partial charge in [-0.2, -0.15) is 0 Å². The SMILES string of the molecule is Clc1ccc(-c2nnc(Nc3ccc(Sc4ccnc5[nH]ccc45)cc3)c3ccccc23)cc1. The Morgan fingerprint density at radius 1 is 0.765 bits per heavy atom. The first kappa shape index (κ1) is 20.7. The van der Waals surface area contributed by atoms with Crippen LogP contribution in [0.4, 0.5) is 11.5 Å². The van der Waals surface area contributed by atoms with Crippen LogP contribution in [0.2, 0.25) is 5.02 Å². The minimum absolute atomic E-state index is 0.697. The van der Waals surface area contributed by atoms with E-state index >= 15 is 0 Å². The van der Waals surface area contributed by atoms with Gasteiger partial charge in [0, 0.05) is 54.6 Å². The topological polar surface area (TPSA) is 66.5 Å². The van der Waals surface area contributed by atoms with Gasteiger partial charge in [-0.3, -0.25) is 0 Å². The summed E-state index contributed by atoms with van der Waals surface area (Å²) >= 11 is 7.77. The van der Waals surface area contributed by atoms with Gasteiger partial charge in [0.25, 0.3) is 0 Å². The summed E-state index contributed by atoms with van der Waals surface area (Å²) in [7, 11) is 0. The van der Waals surface area contributed by atoms with Crippen LogP contribution in [0.1, 0.15) is 0 Å². The van der Waals surface area contributed by atoms with E-state index in [2.05, 4.69) is 67.9 Å². The smallest absolute Gasteiger partial charge is 0.161 e. The van der Waals surface area contributed by atoms with E-state index in [1.54, 1.807) is 11.8 Å². The number of hydrogen-bond acceptors (Lipinski definition) is 5. The van der Waals surface area contributed by atoms with E-state index in [1.807, 2.05) is 54.9 Å². The van der Waals surface area contributed by atoms with Crippen LogP contribution < -0.4 is 5.32 Å². The highest BCUT2D eigenvalue weighted by atomic mass is 35.5. The molecule has 3 aromatic heterocycles. The number of anilines is 2. The van der Waals surface area contributed by atoms with Crippen molar-refractivity contribution in [3.8, 4) is 11.3 Å². The molecule has 0 atom stereocenters. The largest absolute Gasteiger partial charge is 0.346 e. The molecule has 2 N–H and O–H groups in total. The second-order valence-corrected chi connectivity index (χ2v) is 9.30. The van der Waals surface area contributed by atoms with Crippen molar-refractivity contribution in [2.45, 2.75) is 9.79 Å². The molecule has 0 bridgehead atoms. The molecule has 5 nitrogen and oxygen atoms in total. The Hall–Kier alpha value is -3.87. The number of rotatable bonds is 5. The highest BCUT2D eigenvalue weighted by molar-refractivity contribution is 7.99. The average Bonchev–Trinajstić information content (AvgIpc) is 3.36. The maximum absolute atomic E-state index is 6.06. The van der Waals surface area contributed by atoms with Crippen molar-refractivity contribution in [2.75, 3.05) is 5.32 Å². The molecule has 0 aliphatic rings. The number of hydrogen-bond donors (Lipinski definition) is 2. The molecule has 6 aromatic rings. The van der Waals surface area contributed by atoms with Crippen LogP contribution in [-0.4, -0.2) is 20.2 Å². The molecule has 164 valence electrons. The number of nitrogens with one attached hydrogen (secondary N) is 2. The van der Waals surface area contributed by atoms with Gasteiger partial charge in [0.05, 0.1) is 0 Å². The predicted molar refractivity (Wildman–Crippen MR) is 140 cm³/mol. The fourth-order valence-electron chi connectivity index (χ4n) is 3.91. The standard InChI is InChI=1S/C27H18ClN5S/c28-18-7-5-17(6-8-18)25-21-3-1-2-4-22(21)27(33-32-25)31-19-9-11-20(12-10-19)34-24-14-16-30-26-23(24)13-15-29-26/h1-16H,(H,29,30)(H,31,33). The van der Waals surface area contributed by atoms with Crippen LogP contribution in [0.25, 0.3) is 33.1 Å². The molecule has 0 radical (unpaired) electrons. The van der Waals surface area contributed by atoms with Crippen LogP contribution in [0.3, 0.4) is 0 Å². The second-order valence-electron chi connectivity index (χ2n) is 7.75. The summed E-state index contributed by atoms with van der Waals surface area (Å²) in [6.45, 7) is 0. The molecule has 6 rings (SSSR count). The molecule has 34 heavy (non-hydrogen) atoms. The number of halogens is 1. The van der Waals surface area contributed by atoms with E-state index in [-0.39, 0.29) is 0 Å². The first-order valence-corrected chi connectivity index (χ1v) is 11.9. The summed E-state index contributed by atoms with van der Waals surface area (Å²) in [4.78, 5) is 9.84. The molecule has 0 fully saturated rings. The molecule has 3 aromatic carbocycles. The lowest BCUT2D eigenvalue weighted by atomic mass is 10.0. The van der Waals surface area contributed by atoms with Crippen molar-refractivity contribution < 1.29 is 0 Å².